The maximum Gasteiger partial charge on any atom is 0.136 e. The van der Waals surface area contributed by atoms with Crippen LogP contribution in [0.1, 0.15) is 20.3 Å². The van der Waals surface area contributed by atoms with Crippen LogP contribution in [-0.4, -0.2) is 35.4 Å². The molecule has 12 heavy (non-hydrogen) atoms. The van der Waals surface area contributed by atoms with Crippen LogP contribution in [0.5, 0.6) is 0 Å². The summed E-state index contributed by atoms with van der Waals surface area (Å²) >= 11 is 0. The molecule has 0 spiro atoms. The van der Waals surface area contributed by atoms with Gasteiger partial charge in [0.1, 0.15) is 12.5 Å². The second-order valence-corrected chi connectivity index (χ2v) is 3.24. The first-order chi connectivity index (χ1) is 5.60. The minimum atomic E-state index is -1.00. The van der Waals surface area contributed by atoms with E-state index in [4.69, 9.17) is 10.2 Å². The second-order valence-electron chi connectivity index (χ2n) is 3.24. The van der Waals surface area contributed by atoms with Crippen molar-refractivity contribution in [2.75, 3.05) is 6.61 Å². The van der Waals surface area contributed by atoms with Crippen LogP contribution in [0.3, 0.4) is 0 Å². The average Bonchev–Trinajstić information content (AvgIpc) is 2.02. The highest BCUT2D eigenvalue weighted by Gasteiger charge is 2.12. The molecule has 0 heterocycles. The molecule has 3 N–H and O–H groups in total. The van der Waals surface area contributed by atoms with Crippen LogP contribution in [0.2, 0.25) is 0 Å². The predicted octanol–water partition coefficient (Wildman–Crippen LogP) is -0.500. The van der Waals surface area contributed by atoms with Crippen LogP contribution in [0.25, 0.3) is 0 Å². The Balaban J connectivity index is 3.74. The van der Waals surface area contributed by atoms with Crippen molar-refractivity contribution in [2.45, 2.75) is 32.5 Å². The van der Waals surface area contributed by atoms with Gasteiger partial charge in [0.05, 0.1) is 12.6 Å². The van der Waals surface area contributed by atoms with Gasteiger partial charge >= 0.3 is 0 Å². The van der Waals surface area contributed by atoms with Gasteiger partial charge in [-0.3, -0.25) is 5.32 Å². The number of hydrogen-bond donors (Lipinski definition) is 3. The second kappa shape index (κ2) is 6.11. The number of hydrogen-bond acceptors (Lipinski definition) is 4. The van der Waals surface area contributed by atoms with E-state index in [9.17, 15) is 4.79 Å². The van der Waals surface area contributed by atoms with Crippen LogP contribution in [-0.2, 0) is 4.79 Å². The molecule has 72 valence electrons. The summed E-state index contributed by atoms with van der Waals surface area (Å²) in [5, 5.41) is 20.0. The highest BCUT2D eigenvalue weighted by molar-refractivity contribution is 5.57. The molecule has 0 aromatic carbocycles. The van der Waals surface area contributed by atoms with Gasteiger partial charge in [0.15, 0.2) is 0 Å². The first-order valence-electron chi connectivity index (χ1n) is 4.10. The van der Waals surface area contributed by atoms with Gasteiger partial charge in [-0.05, 0) is 12.3 Å². The molecule has 2 atom stereocenters. The molecule has 0 aliphatic heterocycles. The Morgan fingerprint density at radius 1 is 1.50 bits per heavy atom. The Bertz CT molecular complexity index is 127. The molecule has 4 heteroatoms. The van der Waals surface area contributed by atoms with Crippen molar-refractivity contribution >= 4 is 6.29 Å². The van der Waals surface area contributed by atoms with Crippen LogP contribution >= 0.6 is 0 Å². The van der Waals surface area contributed by atoms with E-state index in [1.54, 1.807) is 0 Å². The van der Waals surface area contributed by atoms with E-state index in [-0.39, 0.29) is 12.6 Å². The molecule has 0 saturated carbocycles. The van der Waals surface area contributed by atoms with Crippen molar-refractivity contribution in [2.24, 2.45) is 5.92 Å². The molecular weight excluding hydrogens is 158 g/mol. The summed E-state index contributed by atoms with van der Waals surface area (Å²) in [6.45, 7) is 3.61. The van der Waals surface area contributed by atoms with E-state index in [0.29, 0.717) is 12.3 Å². The predicted molar refractivity (Wildman–Crippen MR) is 45.5 cm³/mol. The molecule has 0 saturated heterocycles. The molecule has 0 rings (SSSR count). The maximum absolute atomic E-state index is 10.4. The molecule has 0 aliphatic rings. The third-order valence-electron chi connectivity index (χ3n) is 1.47. The van der Waals surface area contributed by atoms with Crippen LogP contribution in [0.15, 0.2) is 0 Å². The van der Waals surface area contributed by atoms with E-state index >= 15 is 0 Å². The fourth-order valence-corrected chi connectivity index (χ4v) is 0.971. The smallest absolute Gasteiger partial charge is 0.136 e. The first-order valence-corrected chi connectivity index (χ1v) is 4.10. The highest BCUT2D eigenvalue weighted by atomic mass is 16.3. The molecule has 2 unspecified atom stereocenters. The van der Waals surface area contributed by atoms with Crippen molar-refractivity contribution in [3.63, 3.8) is 0 Å². The van der Waals surface area contributed by atoms with E-state index < -0.39 is 6.23 Å². The lowest BCUT2D eigenvalue weighted by Crippen LogP contribution is -2.42. The Hall–Kier alpha value is -0.450. The summed E-state index contributed by atoms with van der Waals surface area (Å²) in [6, 6.07) is -0.368. The van der Waals surface area contributed by atoms with E-state index in [1.165, 1.54) is 0 Å². The summed E-state index contributed by atoms with van der Waals surface area (Å²) in [7, 11) is 0. The van der Waals surface area contributed by atoms with Gasteiger partial charge in [-0.2, -0.15) is 0 Å². The van der Waals surface area contributed by atoms with Gasteiger partial charge in [0.25, 0.3) is 0 Å². The summed E-state index contributed by atoms with van der Waals surface area (Å²) in [6.07, 6.45) is 0.415. The molecule has 0 aromatic heterocycles. The first kappa shape index (κ1) is 11.6. The third kappa shape index (κ3) is 5.23. The average molecular weight is 175 g/mol. The van der Waals surface area contributed by atoms with Gasteiger partial charge in [-0.1, -0.05) is 13.8 Å². The SMILES string of the molecule is CC(C)CC(C=O)NC(O)CO. The lowest BCUT2D eigenvalue weighted by molar-refractivity contribution is -0.111. The molecule has 0 fully saturated rings. The number of aliphatic hydroxyl groups is 2. The van der Waals surface area contributed by atoms with Gasteiger partial charge in [0, 0.05) is 0 Å². The minimum Gasteiger partial charge on any atom is -0.392 e. The maximum atomic E-state index is 10.4. The molecule has 0 aliphatic carbocycles. The number of aliphatic hydroxyl groups excluding tert-OH is 2. The zero-order valence-corrected chi connectivity index (χ0v) is 7.53. The van der Waals surface area contributed by atoms with Gasteiger partial charge in [0.2, 0.25) is 0 Å². The van der Waals surface area contributed by atoms with Crippen LogP contribution < -0.4 is 5.32 Å². The molecule has 0 bridgehead atoms. The van der Waals surface area contributed by atoms with Gasteiger partial charge < -0.3 is 15.0 Å². The third-order valence-corrected chi connectivity index (χ3v) is 1.47. The molecule has 0 aromatic rings. The molecular formula is C8H17NO3. The van der Waals surface area contributed by atoms with Crippen molar-refractivity contribution < 1.29 is 15.0 Å². The summed E-state index contributed by atoms with van der Waals surface area (Å²) in [5.41, 5.74) is 0. The number of rotatable bonds is 6. The fraction of sp³-hybridized carbons (Fsp3) is 0.875. The largest absolute Gasteiger partial charge is 0.392 e. The van der Waals surface area contributed by atoms with E-state index in [2.05, 4.69) is 5.32 Å². The van der Waals surface area contributed by atoms with E-state index in [1.807, 2.05) is 13.8 Å². The normalized spacial score (nSPS) is 16.1. The van der Waals surface area contributed by atoms with Gasteiger partial charge in [-0.15, -0.1) is 0 Å². The Labute approximate surface area is 72.6 Å². The number of carbonyl (C=O) groups is 1. The number of nitrogens with one attached hydrogen (secondary N) is 1. The Morgan fingerprint density at radius 2 is 2.08 bits per heavy atom. The van der Waals surface area contributed by atoms with E-state index in [0.717, 1.165) is 6.29 Å². The number of carbonyl (C=O) groups excluding carboxylic acids is 1. The topological polar surface area (TPSA) is 69.6 Å². The lowest BCUT2D eigenvalue weighted by Gasteiger charge is -2.17. The van der Waals surface area contributed by atoms with Crippen LogP contribution in [0.4, 0.5) is 0 Å². The fourth-order valence-electron chi connectivity index (χ4n) is 0.971. The standard InChI is InChI=1S/C8H17NO3/c1-6(2)3-7(4-10)9-8(12)5-11/h4,6-9,11-12H,3,5H2,1-2H3. The summed E-state index contributed by atoms with van der Waals surface area (Å²) in [4.78, 5) is 10.4. The van der Waals surface area contributed by atoms with Crippen molar-refractivity contribution in [1.29, 1.82) is 0 Å². The monoisotopic (exact) mass is 175 g/mol. The Morgan fingerprint density at radius 3 is 2.42 bits per heavy atom. The van der Waals surface area contributed by atoms with Crippen molar-refractivity contribution in [3.05, 3.63) is 0 Å². The molecule has 0 amide bonds. The zero-order valence-electron chi connectivity index (χ0n) is 7.53. The van der Waals surface area contributed by atoms with Gasteiger partial charge in [-0.25, -0.2) is 0 Å². The summed E-state index contributed by atoms with van der Waals surface area (Å²) < 4.78 is 0. The highest BCUT2D eigenvalue weighted by Crippen LogP contribution is 2.02. The molecule has 0 radical (unpaired) electrons. The van der Waals surface area contributed by atoms with Crippen LogP contribution in [0, 0.1) is 5.92 Å². The zero-order chi connectivity index (χ0) is 9.56. The van der Waals surface area contributed by atoms with Crippen molar-refractivity contribution in [1.82, 2.24) is 5.32 Å². The minimum absolute atomic E-state index is 0.368. The number of aldehydes is 1. The molecule has 4 nitrogen and oxygen atoms in total. The van der Waals surface area contributed by atoms with Crippen molar-refractivity contribution in [3.8, 4) is 0 Å². The quantitative estimate of drug-likeness (QED) is 0.376. The lowest BCUT2D eigenvalue weighted by atomic mass is 10.1. The Kier molecular flexibility index (Phi) is 5.88. The summed E-state index contributed by atoms with van der Waals surface area (Å²) in [5.74, 6) is 0.388.